The molecule has 33 heavy (non-hydrogen) atoms. The van der Waals surface area contributed by atoms with Crippen LogP contribution in [0.2, 0.25) is 0 Å². The molecule has 0 aromatic heterocycles. The van der Waals surface area contributed by atoms with Gasteiger partial charge in [-0.15, -0.1) is 0 Å². The molecule has 0 atom stereocenters. The van der Waals surface area contributed by atoms with Gasteiger partial charge in [-0.05, 0) is 48.4 Å². The quantitative estimate of drug-likeness (QED) is 0.542. The van der Waals surface area contributed by atoms with Crippen LogP contribution >= 0.6 is 0 Å². The second-order valence-electron chi connectivity index (χ2n) is 8.38. The molecule has 2 aromatic rings. The number of carbonyl (C=O) groups excluding carboxylic acids is 2. The van der Waals surface area contributed by atoms with Gasteiger partial charge in [0.05, 0.1) is 16.8 Å². The number of hydrogen-bond donors (Lipinski definition) is 3. The zero-order valence-electron chi connectivity index (χ0n) is 19.6. The summed E-state index contributed by atoms with van der Waals surface area (Å²) in [6.45, 7) is 11.3. The number of unbranched alkanes of at least 4 members (excludes halogenated alkanes) is 2. The van der Waals surface area contributed by atoms with E-state index in [2.05, 4.69) is 30.6 Å². The first kappa shape index (κ1) is 24.1. The van der Waals surface area contributed by atoms with Crippen molar-refractivity contribution >= 4 is 40.8 Å². The van der Waals surface area contributed by atoms with E-state index < -0.39 is 0 Å². The van der Waals surface area contributed by atoms with Gasteiger partial charge in [0.25, 0.3) is 0 Å². The Morgan fingerprint density at radius 1 is 1.00 bits per heavy atom. The topological polar surface area (TPSA) is 89.9 Å². The van der Waals surface area contributed by atoms with Gasteiger partial charge >= 0.3 is 0 Å². The van der Waals surface area contributed by atoms with Crippen LogP contribution in [0.5, 0.6) is 5.75 Å². The van der Waals surface area contributed by atoms with Gasteiger partial charge in [-0.25, -0.2) is 0 Å². The Kier molecular flexibility index (Phi) is 7.59. The third-order valence-corrected chi connectivity index (χ3v) is 5.77. The molecule has 3 N–H and O–H groups in total. The number of nitrogens with zero attached hydrogens (tertiary/aromatic N) is 1. The maximum absolute atomic E-state index is 13.0. The number of nitrogens with one attached hydrogen (secondary N) is 1. The summed E-state index contributed by atoms with van der Waals surface area (Å²) in [5, 5.41) is 24.7. The lowest BCUT2D eigenvalue weighted by Gasteiger charge is -2.28. The number of rotatable bonds is 9. The van der Waals surface area contributed by atoms with Crippen LogP contribution < -0.4 is 20.7 Å². The fraction of sp³-hybridized carbons (Fsp3) is 0.333. The summed E-state index contributed by atoms with van der Waals surface area (Å²) in [6, 6.07) is 10.2. The summed E-state index contributed by atoms with van der Waals surface area (Å²) in [7, 11) is 0. The molecule has 6 heteroatoms. The summed E-state index contributed by atoms with van der Waals surface area (Å²) in [6.07, 6.45) is 4.27. The van der Waals surface area contributed by atoms with Gasteiger partial charge in [0.2, 0.25) is 11.7 Å². The molecule has 0 heterocycles. The number of allylic oxidation sites excluding steroid dienone is 2. The minimum absolute atomic E-state index is 0.0628. The second-order valence-corrected chi connectivity index (χ2v) is 8.38. The molecular formula is C27H32N2O4. The average Bonchev–Trinajstić information content (AvgIpc) is 2.76. The SMILES string of the molecule is C=c1cc/c(=C2\C(=O)C(c3ccc(N(CCCC)CCCC)cc3NC(C)=O)=C2O)c(O)c1. The van der Waals surface area contributed by atoms with Crippen LogP contribution in [0, 0.1) is 0 Å². The molecule has 0 bridgehead atoms. The molecule has 1 aliphatic carbocycles. The highest BCUT2D eigenvalue weighted by molar-refractivity contribution is 6.52. The van der Waals surface area contributed by atoms with Gasteiger partial charge in [0, 0.05) is 36.5 Å². The van der Waals surface area contributed by atoms with Crippen molar-refractivity contribution in [2.24, 2.45) is 0 Å². The van der Waals surface area contributed by atoms with Crippen molar-refractivity contribution in [3.63, 3.8) is 0 Å². The van der Waals surface area contributed by atoms with Crippen LogP contribution in [0.4, 0.5) is 11.4 Å². The standard InChI is InChI=1S/C27H32N2O4/c1-5-7-13-29(14-8-6-2)19-10-12-20(22(16-19)28-18(4)30)24-26(32)25(27(24)33)21-11-9-17(3)15-23(21)31/h9-12,15-16,31-32H,3,5-8,13-14H2,1-2,4H3,(H,28,30)/b25-21+. The van der Waals surface area contributed by atoms with E-state index in [9.17, 15) is 19.8 Å². The van der Waals surface area contributed by atoms with Gasteiger partial charge in [-0.3, -0.25) is 9.59 Å². The third kappa shape index (κ3) is 5.11. The Hall–Kier alpha value is -3.54. The van der Waals surface area contributed by atoms with Crippen molar-refractivity contribution in [3.05, 3.63) is 58.2 Å². The number of Topliss-reactive ketones (excluding diaryl/α,β-unsaturated/α-hetero) is 1. The zero-order chi connectivity index (χ0) is 24.1. The lowest BCUT2D eigenvalue weighted by Crippen LogP contribution is -2.28. The Labute approximate surface area is 194 Å². The van der Waals surface area contributed by atoms with E-state index >= 15 is 0 Å². The minimum Gasteiger partial charge on any atom is -0.507 e. The van der Waals surface area contributed by atoms with Crippen molar-refractivity contribution in [1.82, 2.24) is 0 Å². The summed E-state index contributed by atoms with van der Waals surface area (Å²) in [5.41, 5.74) is 2.09. The van der Waals surface area contributed by atoms with E-state index in [4.69, 9.17) is 0 Å². The molecule has 0 radical (unpaired) electrons. The maximum atomic E-state index is 13.0. The number of aromatic hydroxyl groups is 1. The Bertz CT molecular complexity index is 1210. The van der Waals surface area contributed by atoms with Gasteiger partial charge in [-0.1, -0.05) is 39.3 Å². The van der Waals surface area contributed by atoms with E-state index in [-0.39, 0.29) is 39.6 Å². The number of hydrogen-bond acceptors (Lipinski definition) is 5. The number of aliphatic hydroxyl groups is 1. The van der Waals surface area contributed by atoms with Crippen molar-refractivity contribution in [1.29, 1.82) is 0 Å². The summed E-state index contributed by atoms with van der Waals surface area (Å²) in [4.78, 5) is 27.2. The summed E-state index contributed by atoms with van der Waals surface area (Å²) >= 11 is 0. The van der Waals surface area contributed by atoms with Crippen molar-refractivity contribution in [2.75, 3.05) is 23.3 Å². The first-order chi connectivity index (χ1) is 15.8. The van der Waals surface area contributed by atoms with Crippen molar-refractivity contribution in [2.45, 2.75) is 46.5 Å². The second kappa shape index (κ2) is 10.4. The largest absolute Gasteiger partial charge is 0.507 e. The number of anilines is 2. The first-order valence-electron chi connectivity index (χ1n) is 11.5. The minimum atomic E-state index is -0.382. The molecule has 0 saturated heterocycles. The number of phenols is 1. The fourth-order valence-electron chi connectivity index (χ4n) is 4.00. The summed E-state index contributed by atoms with van der Waals surface area (Å²) < 4.78 is 0. The van der Waals surface area contributed by atoms with Crippen LogP contribution in [-0.2, 0) is 9.59 Å². The van der Waals surface area contributed by atoms with Crippen molar-refractivity contribution in [3.8, 4) is 5.75 Å². The molecule has 6 nitrogen and oxygen atoms in total. The van der Waals surface area contributed by atoms with E-state index in [1.54, 1.807) is 18.2 Å². The van der Waals surface area contributed by atoms with Gasteiger partial charge in [0.1, 0.15) is 11.5 Å². The maximum Gasteiger partial charge on any atom is 0.221 e. The molecule has 1 amide bonds. The number of amides is 1. The number of aliphatic hydroxyl groups excluding tert-OH is 1. The molecule has 1 aliphatic rings. The van der Waals surface area contributed by atoms with Crippen LogP contribution in [0.1, 0.15) is 52.0 Å². The molecule has 0 aliphatic heterocycles. The summed E-state index contributed by atoms with van der Waals surface area (Å²) in [5.74, 6) is -0.953. The Morgan fingerprint density at radius 2 is 1.67 bits per heavy atom. The van der Waals surface area contributed by atoms with Crippen molar-refractivity contribution < 1.29 is 19.8 Å². The average molecular weight is 449 g/mol. The Balaban J connectivity index is 2.09. The predicted molar refractivity (Wildman–Crippen MR) is 134 cm³/mol. The normalized spacial score (nSPS) is 14.8. The molecule has 0 unspecified atom stereocenters. The van der Waals surface area contributed by atoms with Gasteiger partial charge in [-0.2, -0.15) is 0 Å². The van der Waals surface area contributed by atoms with Crippen LogP contribution in [0.25, 0.3) is 17.7 Å². The highest BCUT2D eigenvalue weighted by Gasteiger charge is 2.37. The monoisotopic (exact) mass is 448 g/mol. The fourth-order valence-corrected chi connectivity index (χ4v) is 4.00. The number of benzene rings is 2. The Morgan fingerprint density at radius 3 is 2.21 bits per heavy atom. The van der Waals surface area contributed by atoms with Gasteiger partial charge < -0.3 is 20.4 Å². The number of ketones is 1. The first-order valence-corrected chi connectivity index (χ1v) is 11.5. The number of phenolic OH excluding ortho intramolecular Hbond substituents is 1. The van der Waals surface area contributed by atoms with E-state index in [0.29, 0.717) is 16.5 Å². The lowest BCUT2D eigenvalue weighted by atomic mass is 9.81. The molecule has 174 valence electrons. The molecular weight excluding hydrogens is 416 g/mol. The van der Waals surface area contributed by atoms with Gasteiger partial charge in [0.15, 0.2) is 0 Å². The molecule has 0 fully saturated rings. The zero-order valence-corrected chi connectivity index (χ0v) is 19.6. The highest BCUT2D eigenvalue weighted by Crippen LogP contribution is 2.41. The lowest BCUT2D eigenvalue weighted by molar-refractivity contribution is -0.114. The highest BCUT2D eigenvalue weighted by atomic mass is 16.3. The molecule has 2 aromatic carbocycles. The van der Waals surface area contributed by atoms with Crippen LogP contribution in [0.15, 0.2) is 42.2 Å². The van der Waals surface area contributed by atoms with E-state index in [1.165, 1.54) is 13.0 Å². The molecule has 0 spiro atoms. The molecule has 0 saturated carbocycles. The van der Waals surface area contributed by atoms with E-state index in [1.807, 2.05) is 12.1 Å². The van der Waals surface area contributed by atoms with E-state index in [0.717, 1.165) is 44.5 Å². The predicted octanol–water partition coefficient (Wildman–Crippen LogP) is 3.87. The molecule has 3 rings (SSSR count). The van der Waals surface area contributed by atoms with Crippen LogP contribution in [-0.4, -0.2) is 35.0 Å². The third-order valence-electron chi connectivity index (χ3n) is 5.77. The van der Waals surface area contributed by atoms with Crippen LogP contribution in [0.3, 0.4) is 0 Å². The number of carbonyl (C=O) groups is 2. The smallest absolute Gasteiger partial charge is 0.221 e.